The Kier molecular flexibility index (Phi) is 6.26. The number of rotatable bonds is 7. The SMILES string of the molecule is Cn1[nH]c(=O)c2ccc(Nc3ncc(C4=NC5(CCOCC5)CO4)c(N[C@H](CO)c4ccccc4)n3)nc21. The highest BCUT2D eigenvalue weighted by atomic mass is 16.5. The second kappa shape index (κ2) is 9.88. The van der Waals surface area contributed by atoms with Gasteiger partial charge in [0.2, 0.25) is 11.8 Å². The summed E-state index contributed by atoms with van der Waals surface area (Å²) < 4.78 is 13.1. The van der Waals surface area contributed by atoms with Crippen molar-refractivity contribution in [3.05, 3.63) is 70.1 Å². The van der Waals surface area contributed by atoms with Gasteiger partial charge in [-0.25, -0.2) is 15.0 Å². The highest BCUT2D eigenvalue weighted by molar-refractivity contribution is 5.99. The number of anilines is 3. The molecule has 1 saturated heterocycles. The van der Waals surface area contributed by atoms with Crippen molar-refractivity contribution in [1.82, 2.24) is 24.7 Å². The number of aromatic amines is 1. The van der Waals surface area contributed by atoms with Crippen molar-refractivity contribution in [3.63, 3.8) is 0 Å². The van der Waals surface area contributed by atoms with Gasteiger partial charge in [0.15, 0.2) is 5.65 Å². The number of nitrogens with zero attached hydrogens (tertiary/aromatic N) is 5. The zero-order valence-electron chi connectivity index (χ0n) is 20.8. The minimum atomic E-state index is -0.416. The first-order valence-electron chi connectivity index (χ1n) is 12.5. The lowest BCUT2D eigenvalue weighted by Gasteiger charge is -2.28. The monoisotopic (exact) mass is 516 g/mol. The summed E-state index contributed by atoms with van der Waals surface area (Å²) in [5.74, 6) is 1.69. The number of aryl methyl sites for hydroxylation is 1. The second-order valence-corrected chi connectivity index (χ2v) is 9.48. The summed E-state index contributed by atoms with van der Waals surface area (Å²) in [6, 6.07) is 12.6. The van der Waals surface area contributed by atoms with E-state index in [9.17, 15) is 9.90 Å². The number of aromatic nitrogens is 5. The van der Waals surface area contributed by atoms with Gasteiger partial charge in [0, 0.05) is 26.5 Å². The Labute approximate surface area is 217 Å². The Morgan fingerprint density at radius 2 is 1.97 bits per heavy atom. The molecule has 12 nitrogen and oxygen atoms in total. The van der Waals surface area contributed by atoms with E-state index in [-0.39, 0.29) is 23.7 Å². The number of hydrogen-bond donors (Lipinski definition) is 4. The van der Waals surface area contributed by atoms with E-state index in [1.807, 2.05) is 30.3 Å². The van der Waals surface area contributed by atoms with Crippen LogP contribution >= 0.6 is 0 Å². The zero-order valence-corrected chi connectivity index (χ0v) is 20.8. The number of nitrogens with one attached hydrogen (secondary N) is 3. The third kappa shape index (κ3) is 4.59. The van der Waals surface area contributed by atoms with Crippen LogP contribution in [0.4, 0.5) is 17.6 Å². The quantitative estimate of drug-likeness (QED) is 0.290. The molecule has 1 spiro atoms. The molecule has 5 heterocycles. The Balaban J connectivity index is 1.36. The lowest BCUT2D eigenvalue weighted by Crippen LogP contribution is -2.35. The number of ether oxygens (including phenoxy) is 2. The minimum absolute atomic E-state index is 0.148. The van der Waals surface area contributed by atoms with Gasteiger partial charge in [0.05, 0.1) is 23.6 Å². The van der Waals surface area contributed by atoms with E-state index in [2.05, 4.69) is 25.7 Å². The summed E-state index contributed by atoms with van der Waals surface area (Å²) in [5, 5.41) is 19.8. The van der Waals surface area contributed by atoms with E-state index in [4.69, 9.17) is 19.5 Å². The molecule has 0 bridgehead atoms. The van der Waals surface area contributed by atoms with Gasteiger partial charge in [0.1, 0.15) is 23.8 Å². The first-order chi connectivity index (χ1) is 18.5. The van der Waals surface area contributed by atoms with Crippen LogP contribution in [0.1, 0.15) is 30.0 Å². The average molecular weight is 517 g/mol. The molecule has 3 aromatic heterocycles. The van der Waals surface area contributed by atoms with Gasteiger partial charge in [-0.15, -0.1) is 0 Å². The Morgan fingerprint density at radius 1 is 1.16 bits per heavy atom. The van der Waals surface area contributed by atoms with Gasteiger partial charge in [-0.3, -0.25) is 14.6 Å². The molecule has 0 saturated carbocycles. The summed E-state index contributed by atoms with van der Waals surface area (Å²) in [6.07, 6.45) is 3.23. The van der Waals surface area contributed by atoms with Gasteiger partial charge in [-0.05, 0) is 30.5 Å². The number of aliphatic imine (C=N–C) groups is 1. The van der Waals surface area contributed by atoms with Crippen molar-refractivity contribution < 1.29 is 14.6 Å². The molecule has 2 aliphatic rings. The number of pyridine rings is 1. The Morgan fingerprint density at radius 3 is 2.76 bits per heavy atom. The molecule has 6 rings (SSSR count). The molecule has 4 N–H and O–H groups in total. The molecule has 38 heavy (non-hydrogen) atoms. The minimum Gasteiger partial charge on any atom is -0.475 e. The highest BCUT2D eigenvalue weighted by Gasteiger charge is 2.39. The number of H-pyrrole nitrogens is 1. The molecule has 12 heteroatoms. The van der Waals surface area contributed by atoms with Crippen LogP contribution < -0.4 is 16.2 Å². The van der Waals surface area contributed by atoms with Crippen molar-refractivity contribution in [3.8, 4) is 0 Å². The highest BCUT2D eigenvalue weighted by Crippen LogP contribution is 2.33. The molecule has 0 aliphatic carbocycles. The Hall–Kier alpha value is -4.29. The molecule has 0 radical (unpaired) electrons. The molecule has 1 atom stereocenters. The first-order valence-corrected chi connectivity index (χ1v) is 12.5. The molecule has 4 aromatic rings. The number of aliphatic hydroxyl groups excluding tert-OH is 1. The lowest BCUT2D eigenvalue weighted by molar-refractivity contribution is 0.0442. The lowest BCUT2D eigenvalue weighted by atomic mass is 9.92. The fourth-order valence-electron chi connectivity index (χ4n) is 4.75. The van der Waals surface area contributed by atoms with Crippen LogP contribution in [0.2, 0.25) is 0 Å². The third-order valence-electron chi connectivity index (χ3n) is 6.90. The molecule has 0 amide bonds. The molecule has 2 aliphatic heterocycles. The summed E-state index contributed by atoms with van der Waals surface area (Å²) in [7, 11) is 1.72. The maximum atomic E-state index is 12.0. The van der Waals surface area contributed by atoms with Crippen LogP contribution in [0.5, 0.6) is 0 Å². The van der Waals surface area contributed by atoms with Crippen LogP contribution in [0, 0.1) is 0 Å². The first kappa shape index (κ1) is 24.1. The molecule has 0 unspecified atom stereocenters. The van der Waals surface area contributed by atoms with Gasteiger partial charge in [-0.1, -0.05) is 30.3 Å². The van der Waals surface area contributed by atoms with Crippen molar-refractivity contribution in [1.29, 1.82) is 0 Å². The van der Waals surface area contributed by atoms with Gasteiger partial charge in [-0.2, -0.15) is 4.98 Å². The van der Waals surface area contributed by atoms with Gasteiger partial charge >= 0.3 is 0 Å². The normalized spacial score (nSPS) is 17.3. The summed E-state index contributed by atoms with van der Waals surface area (Å²) in [5.41, 5.74) is 1.51. The number of hydrogen-bond acceptors (Lipinski definition) is 10. The predicted octanol–water partition coefficient (Wildman–Crippen LogP) is 2.27. The van der Waals surface area contributed by atoms with E-state index >= 15 is 0 Å². The van der Waals surface area contributed by atoms with Crippen LogP contribution in [0.3, 0.4) is 0 Å². The molecular weight excluding hydrogens is 488 g/mol. The number of benzene rings is 1. The van der Waals surface area contributed by atoms with E-state index in [1.165, 1.54) is 0 Å². The fourth-order valence-corrected chi connectivity index (χ4v) is 4.75. The van der Waals surface area contributed by atoms with E-state index < -0.39 is 6.04 Å². The third-order valence-corrected chi connectivity index (χ3v) is 6.90. The van der Waals surface area contributed by atoms with Crippen molar-refractivity contribution in [2.45, 2.75) is 24.4 Å². The zero-order chi connectivity index (χ0) is 26.1. The summed E-state index contributed by atoms with van der Waals surface area (Å²) in [6.45, 7) is 1.63. The fraction of sp³-hybridized carbons (Fsp3) is 0.346. The second-order valence-electron chi connectivity index (χ2n) is 9.48. The van der Waals surface area contributed by atoms with Crippen molar-refractivity contribution in [2.75, 3.05) is 37.1 Å². The van der Waals surface area contributed by atoms with Crippen LogP contribution in [0.25, 0.3) is 11.0 Å². The van der Waals surface area contributed by atoms with E-state index in [1.54, 1.807) is 30.1 Å². The van der Waals surface area contributed by atoms with Gasteiger partial charge in [0.25, 0.3) is 5.56 Å². The van der Waals surface area contributed by atoms with Crippen LogP contribution in [0.15, 0.2) is 58.4 Å². The van der Waals surface area contributed by atoms with E-state index in [0.29, 0.717) is 54.0 Å². The van der Waals surface area contributed by atoms with Crippen molar-refractivity contribution >= 4 is 34.5 Å². The summed E-state index contributed by atoms with van der Waals surface area (Å²) in [4.78, 5) is 30.7. The maximum Gasteiger partial charge on any atom is 0.273 e. The van der Waals surface area contributed by atoms with Crippen LogP contribution in [-0.2, 0) is 16.5 Å². The smallest absolute Gasteiger partial charge is 0.273 e. The van der Waals surface area contributed by atoms with Gasteiger partial charge < -0.3 is 25.2 Å². The summed E-state index contributed by atoms with van der Waals surface area (Å²) >= 11 is 0. The molecular formula is C26H28N8O4. The number of fused-ring (bicyclic) bond motifs is 1. The Bertz CT molecular complexity index is 1540. The average Bonchev–Trinajstić information content (AvgIpc) is 3.47. The van der Waals surface area contributed by atoms with Crippen LogP contribution in [-0.4, -0.2) is 67.7 Å². The molecule has 196 valence electrons. The molecule has 1 fully saturated rings. The maximum absolute atomic E-state index is 12.0. The van der Waals surface area contributed by atoms with E-state index in [0.717, 1.165) is 18.4 Å². The standard InChI is InChI=1S/C26H28N8O4/c1-34-22-17(23(36)33-34)7-8-20(29-22)30-25-27-13-18(24-32-26(15-38-24)9-11-37-12-10-26)21(31-25)28-19(14-35)16-5-3-2-4-6-16/h2-8,13,19,35H,9-12,14-15H2,1H3,(H,33,36)(H2,27,28,29,30,31)/t19-/m1/s1. The predicted molar refractivity (Wildman–Crippen MR) is 142 cm³/mol. The molecule has 1 aromatic carbocycles. The number of aliphatic hydroxyl groups is 1. The van der Waals surface area contributed by atoms with Crippen molar-refractivity contribution in [2.24, 2.45) is 12.0 Å². The topological polar surface area (TPSA) is 152 Å². The largest absolute Gasteiger partial charge is 0.475 e.